The average molecular weight is 338 g/mol. The first-order valence-corrected chi connectivity index (χ1v) is 7.75. The van der Waals surface area contributed by atoms with Crippen molar-refractivity contribution in [2.75, 3.05) is 4.90 Å². The van der Waals surface area contributed by atoms with Crippen molar-refractivity contribution in [3.05, 3.63) is 71.2 Å². The third kappa shape index (κ3) is 2.93. The summed E-state index contributed by atoms with van der Waals surface area (Å²) in [5.41, 5.74) is 8.54. The van der Waals surface area contributed by atoms with Crippen LogP contribution in [0.15, 0.2) is 42.9 Å². The van der Waals surface area contributed by atoms with E-state index in [0.29, 0.717) is 25.5 Å². The molecule has 3 aromatic rings. The summed E-state index contributed by atoms with van der Waals surface area (Å²) in [6.07, 6.45) is 4.78. The van der Waals surface area contributed by atoms with Crippen LogP contribution >= 0.6 is 0 Å². The van der Waals surface area contributed by atoms with Crippen molar-refractivity contribution in [1.29, 1.82) is 0 Å². The van der Waals surface area contributed by atoms with E-state index < -0.39 is 5.91 Å². The molecule has 1 amide bonds. The fourth-order valence-corrected chi connectivity index (χ4v) is 2.89. The van der Waals surface area contributed by atoms with Crippen molar-refractivity contribution in [2.24, 2.45) is 5.73 Å². The molecule has 0 saturated carbocycles. The lowest BCUT2D eigenvalue weighted by Crippen LogP contribution is -2.21. The van der Waals surface area contributed by atoms with E-state index in [2.05, 4.69) is 15.1 Å². The van der Waals surface area contributed by atoms with Gasteiger partial charge in [-0.05, 0) is 17.7 Å². The van der Waals surface area contributed by atoms with Crippen LogP contribution in [0.25, 0.3) is 0 Å². The van der Waals surface area contributed by atoms with Crippen LogP contribution in [0.5, 0.6) is 0 Å². The minimum Gasteiger partial charge on any atom is -0.364 e. The Kier molecular flexibility index (Phi) is 3.64. The quantitative estimate of drug-likeness (QED) is 0.778. The molecule has 2 aromatic heterocycles. The Hall–Kier alpha value is -3.29. The van der Waals surface area contributed by atoms with Crippen molar-refractivity contribution in [2.45, 2.75) is 19.6 Å². The molecule has 8 heteroatoms. The molecule has 0 aliphatic carbocycles. The summed E-state index contributed by atoms with van der Waals surface area (Å²) < 4.78 is 14.9. The van der Waals surface area contributed by atoms with E-state index in [9.17, 15) is 9.18 Å². The molecule has 0 fully saturated rings. The highest BCUT2D eigenvalue weighted by Gasteiger charge is 2.25. The molecule has 7 nitrogen and oxygen atoms in total. The predicted octanol–water partition coefficient (Wildman–Crippen LogP) is 1.48. The van der Waals surface area contributed by atoms with Crippen LogP contribution in [-0.4, -0.2) is 25.7 Å². The summed E-state index contributed by atoms with van der Waals surface area (Å²) >= 11 is 0. The van der Waals surface area contributed by atoms with Crippen LogP contribution < -0.4 is 10.6 Å². The number of nitrogens with zero attached hydrogens (tertiary/aromatic N) is 5. The van der Waals surface area contributed by atoms with Crippen LogP contribution in [0, 0.1) is 5.82 Å². The number of hydrogen-bond acceptors (Lipinski definition) is 5. The van der Waals surface area contributed by atoms with Crippen LogP contribution in [0.1, 0.15) is 27.3 Å². The Bertz CT molecular complexity index is 937. The molecule has 0 atom stereocenters. The lowest BCUT2D eigenvalue weighted by atomic mass is 10.2. The van der Waals surface area contributed by atoms with Gasteiger partial charge in [0.15, 0.2) is 0 Å². The first-order valence-electron chi connectivity index (χ1n) is 7.75. The second-order valence-electron chi connectivity index (χ2n) is 5.88. The molecule has 2 N–H and O–H groups in total. The van der Waals surface area contributed by atoms with Gasteiger partial charge in [-0.25, -0.2) is 9.37 Å². The Morgan fingerprint density at radius 3 is 2.72 bits per heavy atom. The number of carbonyl (C=O) groups excluding carboxylic acids is 1. The van der Waals surface area contributed by atoms with E-state index in [1.807, 2.05) is 15.8 Å². The molecule has 4 rings (SSSR count). The maximum absolute atomic E-state index is 13.0. The summed E-state index contributed by atoms with van der Waals surface area (Å²) in [7, 11) is 0. The largest absolute Gasteiger partial charge is 0.364 e. The molecule has 1 aliphatic heterocycles. The van der Waals surface area contributed by atoms with Gasteiger partial charge in [0.2, 0.25) is 0 Å². The fourth-order valence-electron chi connectivity index (χ4n) is 2.89. The molecule has 25 heavy (non-hydrogen) atoms. The van der Waals surface area contributed by atoms with Crippen molar-refractivity contribution in [3.63, 3.8) is 0 Å². The van der Waals surface area contributed by atoms with E-state index in [0.717, 1.165) is 16.8 Å². The highest BCUT2D eigenvalue weighted by atomic mass is 19.1. The number of halogens is 1. The summed E-state index contributed by atoms with van der Waals surface area (Å²) in [5, 5.41) is 4.42. The van der Waals surface area contributed by atoms with Gasteiger partial charge in [0.25, 0.3) is 5.91 Å². The fraction of sp³-hybridized carbons (Fsp3) is 0.176. The number of amides is 1. The molecule has 1 aliphatic rings. The number of primary amides is 1. The van der Waals surface area contributed by atoms with Gasteiger partial charge in [0, 0.05) is 12.1 Å². The van der Waals surface area contributed by atoms with Crippen LogP contribution in [-0.2, 0) is 19.6 Å². The number of anilines is 1. The van der Waals surface area contributed by atoms with Gasteiger partial charge < -0.3 is 10.6 Å². The second kappa shape index (κ2) is 5.97. The lowest BCUT2D eigenvalue weighted by molar-refractivity contribution is 0.0995. The first kappa shape index (κ1) is 15.3. The lowest BCUT2D eigenvalue weighted by Gasteiger charge is -2.17. The number of fused-ring (bicyclic) bond motifs is 1. The SMILES string of the molecule is NC(=O)c1cncc(N2Cc3cnn(Cc4ccc(F)cc4)c3C2)n1. The van der Waals surface area contributed by atoms with E-state index in [4.69, 9.17) is 5.73 Å². The monoisotopic (exact) mass is 338 g/mol. The summed E-state index contributed by atoms with van der Waals surface area (Å²) in [4.78, 5) is 21.6. The molecule has 0 spiro atoms. The summed E-state index contributed by atoms with van der Waals surface area (Å²) in [6.45, 7) is 1.81. The number of aromatic nitrogens is 4. The average Bonchev–Trinajstić information content (AvgIpc) is 3.19. The first-order chi connectivity index (χ1) is 12.1. The summed E-state index contributed by atoms with van der Waals surface area (Å²) in [6, 6.07) is 6.38. The summed E-state index contributed by atoms with van der Waals surface area (Å²) in [5.74, 6) is -0.261. The Morgan fingerprint density at radius 2 is 1.96 bits per heavy atom. The minimum absolute atomic E-state index is 0.140. The maximum Gasteiger partial charge on any atom is 0.268 e. The second-order valence-corrected chi connectivity index (χ2v) is 5.88. The molecule has 126 valence electrons. The van der Waals surface area contributed by atoms with Gasteiger partial charge in [0.05, 0.1) is 37.4 Å². The van der Waals surface area contributed by atoms with Crippen LogP contribution in [0.2, 0.25) is 0 Å². The van der Waals surface area contributed by atoms with Gasteiger partial charge in [-0.1, -0.05) is 12.1 Å². The normalized spacial score (nSPS) is 13.1. The third-order valence-corrected chi connectivity index (χ3v) is 4.18. The Labute approximate surface area is 142 Å². The van der Waals surface area contributed by atoms with Crippen molar-refractivity contribution < 1.29 is 9.18 Å². The molecule has 0 unspecified atom stereocenters. The van der Waals surface area contributed by atoms with Crippen LogP contribution in [0.4, 0.5) is 10.2 Å². The van der Waals surface area contributed by atoms with Gasteiger partial charge in [0.1, 0.15) is 17.3 Å². The highest BCUT2D eigenvalue weighted by Crippen LogP contribution is 2.27. The third-order valence-electron chi connectivity index (χ3n) is 4.18. The Morgan fingerprint density at radius 1 is 1.16 bits per heavy atom. The van der Waals surface area contributed by atoms with Crippen molar-refractivity contribution in [3.8, 4) is 0 Å². The van der Waals surface area contributed by atoms with Crippen molar-refractivity contribution >= 4 is 11.7 Å². The number of benzene rings is 1. The van der Waals surface area contributed by atoms with E-state index in [-0.39, 0.29) is 11.5 Å². The zero-order valence-corrected chi connectivity index (χ0v) is 13.3. The number of rotatable bonds is 4. The molecular weight excluding hydrogens is 323 g/mol. The van der Waals surface area contributed by atoms with Gasteiger partial charge in [-0.15, -0.1) is 0 Å². The predicted molar refractivity (Wildman–Crippen MR) is 88.2 cm³/mol. The highest BCUT2D eigenvalue weighted by molar-refractivity contribution is 5.90. The minimum atomic E-state index is -0.603. The smallest absolute Gasteiger partial charge is 0.268 e. The zero-order chi connectivity index (χ0) is 17.4. The van der Waals surface area contributed by atoms with Gasteiger partial charge in [-0.3, -0.25) is 14.5 Å². The van der Waals surface area contributed by atoms with Crippen LogP contribution in [0.3, 0.4) is 0 Å². The van der Waals surface area contributed by atoms with Gasteiger partial charge >= 0.3 is 0 Å². The standard InChI is InChI=1S/C17H15FN6O/c18-13-3-1-11(2-4-13)8-24-15-10-23(9-12(15)5-21-24)16-7-20-6-14(22-16)17(19)25/h1-7H,8-10H2,(H2,19,25). The molecular formula is C17H15FN6O. The number of nitrogens with two attached hydrogens (primary N) is 1. The molecule has 0 bridgehead atoms. The number of hydrogen-bond donors (Lipinski definition) is 1. The molecule has 0 saturated heterocycles. The molecule has 3 heterocycles. The number of carbonyl (C=O) groups is 1. The van der Waals surface area contributed by atoms with E-state index in [1.54, 1.807) is 18.3 Å². The van der Waals surface area contributed by atoms with E-state index >= 15 is 0 Å². The van der Waals surface area contributed by atoms with E-state index in [1.165, 1.54) is 18.3 Å². The van der Waals surface area contributed by atoms with Gasteiger partial charge in [-0.2, -0.15) is 5.10 Å². The Balaban J connectivity index is 1.55. The maximum atomic E-state index is 13.0. The molecule has 0 radical (unpaired) electrons. The van der Waals surface area contributed by atoms with Crippen molar-refractivity contribution in [1.82, 2.24) is 19.7 Å². The zero-order valence-electron chi connectivity index (χ0n) is 13.3. The topological polar surface area (TPSA) is 89.9 Å². The molecule has 1 aromatic carbocycles.